The summed E-state index contributed by atoms with van der Waals surface area (Å²) in [5.74, 6) is -0.0258. The van der Waals surface area contributed by atoms with Crippen LogP contribution in [0, 0.1) is 0 Å². The number of carbonyl (C=O) groups is 1. The molecule has 4 heteroatoms. The summed E-state index contributed by atoms with van der Waals surface area (Å²) in [6, 6.07) is 4.78. The molecule has 0 aliphatic carbocycles. The maximum atomic E-state index is 12.7. The molecule has 110 valence electrons. The van der Waals surface area contributed by atoms with Crippen LogP contribution in [0.5, 0.6) is 0 Å². The highest BCUT2D eigenvalue weighted by Crippen LogP contribution is 2.38. The molecule has 2 heterocycles. The highest BCUT2D eigenvalue weighted by atomic mass is 16.2. The molecule has 4 nitrogen and oxygen atoms in total. The van der Waals surface area contributed by atoms with Gasteiger partial charge < -0.3 is 9.88 Å². The first-order valence-electron chi connectivity index (χ1n) is 7.64. The Morgan fingerprint density at radius 1 is 1.30 bits per heavy atom. The molecule has 1 aromatic heterocycles. The van der Waals surface area contributed by atoms with E-state index >= 15 is 0 Å². The van der Waals surface area contributed by atoms with Gasteiger partial charge in [-0.2, -0.15) is 0 Å². The van der Waals surface area contributed by atoms with Crippen LogP contribution in [0.4, 0.5) is 0 Å². The number of aromatic nitrogens is 1. The van der Waals surface area contributed by atoms with Crippen LogP contribution in [0.2, 0.25) is 0 Å². The molecule has 1 amide bonds. The summed E-state index contributed by atoms with van der Waals surface area (Å²) in [4.78, 5) is 28.8. The molecular weight excluding hydrogens is 252 g/mol. The SMILES string of the molecule is CCCC1(CCC)CCCN1C(=O)c1cccc(=O)[nH]1. The third-order valence-electron chi connectivity index (χ3n) is 4.27. The summed E-state index contributed by atoms with van der Waals surface area (Å²) in [6.45, 7) is 5.14. The summed E-state index contributed by atoms with van der Waals surface area (Å²) >= 11 is 0. The first-order chi connectivity index (χ1) is 9.63. The molecule has 20 heavy (non-hydrogen) atoms. The lowest BCUT2D eigenvalue weighted by Crippen LogP contribution is -2.47. The molecule has 2 rings (SSSR count). The summed E-state index contributed by atoms with van der Waals surface area (Å²) < 4.78 is 0. The average Bonchev–Trinajstić information content (AvgIpc) is 2.82. The maximum Gasteiger partial charge on any atom is 0.270 e. The molecule has 1 aliphatic heterocycles. The minimum atomic E-state index is -0.216. The van der Waals surface area contributed by atoms with Gasteiger partial charge in [0, 0.05) is 18.2 Å². The Morgan fingerprint density at radius 2 is 2.00 bits per heavy atom. The Morgan fingerprint density at radius 3 is 2.60 bits per heavy atom. The number of hydrogen-bond acceptors (Lipinski definition) is 2. The van der Waals surface area contributed by atoms with Gasteiger partial charge in [-0.25, -0.2) is 0 Å². The molecule has 0 atom stereocenters. The van der Waals surface area contributed by atoms with Crippen molar-refractivity contribution in [3.63, 3.8) is 0 Å². The number of nitrogens with one attached hydrogen (secondary N) is 1. The van der Waals surface area contributed by atoms with E-state index in [0.29, 0.717) is 5.69 Å². The monoisotopic (exact) mass is 276 g/mol. The van der Waals surface area contributed by atoms with Crippen LogP contribution in [-0.2, 0) is 0 Å². The minimum absolute atomic E-state index is 0.00663. The van der Waals surface area contributed by atoms with E-state index in [4.69, 9.17) is 0 Å². The fraction of sp³-hybridized carbons (Fsp3) is 0.625. The number of H-pyrrole nitrogens is 1. The lowest BCUT2D eigenvalue weighted by Gasteiger charge is -2.38. The van der Waals surface area contributed by atoms with Crippen LogP contribution in [-0.4, -0.2) is 27.9 Å². The highest BCUT2D eigenvalue weighted by Gasteiger charge is 2.42. The van der Waals surface area contributed by atoms with Gasteiger partial charge in [-0.05, 0) is 31.7 Å². The molecule has 0 bridgehead atoms. The quantitative estimate of drug-likeness (QED) is 0.899. The van der Waals surface area contributed by atoms with E-state index in [2.05, 4.69) is 18.8 Å². The molecule has 1 N–H and O–H groups in total. The fourth-order valence-electron chi connectivity index (χ4n) is 3.55. The van der Waals surface area contributed by atoms with Crippen molar-refractivity contribution in [3.05, 3.63) is 34.2 Å². The summed E-state index contributed by atoms with van der Waals surface area (Å²) in [5, 5.41) is 0. The number of amides is 1. The largest absolute Gasteiger partial charge is 0.332 e. The number of hydrogen-bond donors (Lipinski definition) is 1. The minimum Gasteiger partial charge on any atom is -0.332 e. The molecule has 0 unspecified atom stereocenters. The topological polar surface area (TPSA) is 53.2 Å². The smallest absolute Gasteiger partial charge is 0.270 e. The molecular formula is C16H24N2O2. The molecule has 1 saturated heterocycles. The highest BCUT2D eigenvalue weighted by molar-refractivity contribution is 5.93. The van der Waals surface area contributed by atoms with Gasteiger partial charge in [-0.3, -0.25) is 9.59 Å². The van der Waals surface area contributed by atoms with Crippen molar-refractivity contribution in [2.75, 3.05) is 6.54 Å². The molecule has 0 saturated carbocycles. The molecule has 1 aromatic rings. The van der Waals surface area contributed by atoms with Crippen molar-refractivity contribution in [1.29, 1.82) is 0 Å². The molecule has 1 fully saturated rings. The Kier molecular flexibility index (Phi) is 4.63. The number of aromatic amines is 1. The van der Waals surface area contributed by atoms with Crippen molar-refractivity contribution in [2.24, 2.45) is 0 Å². The zero-order chi connectivity index (χ0) is 14.6. The third kappa shape index (κ3) is 2.79. The first-order valence-corrected chi connectivity index (χ1v) is 7.64. The Labute approximate surface area is 120 Å². The lowest BCUT2D eigenvalue weighted by atomic mass is 9.86. The van der Waals surface area contributed by atoms with Crippen LogP contribution in [0.3, 0.4) is 0 Å². The van der Waals surface area contributed by atoms with Gasteiger partial charge in [0.1, 0.15) is 5.69 Å². The van der Waals surface area contributed by atoms with Gasteiger partial charge in [0.15, 0.2) is 0 Å². The van der Waals surface area contributed by atoms with E-state index < -0.39 is 0 Å². The zero-order valence-electron chi connectivity index (χ0n) is 12.4. The van der Waals surface area contributed by atoms with Crippen molar-refractivity contribution in [2.45, 2.75) is 57.9 Å². The van der Waals surface area contributed by atoms with E-state index in [-0.39, 0.29) is 17.0 Å². The predicted octanol–water partition coefficient (Wildman–Crippen LogP) is 2.95. The van der Waals surface area contributed by atoms with Gasteiger partial charge >= 0.3 is 0 Å². The Hall–Kier alpha value is -1.58. The normalized spacial score (nSPS) is 17.4. The van der Waals surface area contributed by atoms with Gasteiger partial charge in [0.2, 0.25) is 5.56 Å². The predicted molar refractivity (Wildman–Crippen MR) is 79.9 cm³/mol. The number of carbonyl (C=O) groups excluding carboxylic acids is 1. The second kappa shape index (κ2) is 6.25. The maximum absolute atomic E-state index is 12.7. The van der Waals surface area contributed by atoms with E-state index in [1.54, 1.807) is 12.1 Å². The Balaban J connectivity index is 2.29. The van der Waals surface area contributed by atoms with Crippen LogP contribution in [0.25, 0.3) is 0 Å². The van der Waals surface area contributed by atoms with Gasteiger partial charge in [0.05, 0.1) is 0 Å². The van der Waals surface area contributed by atoms with Crippen LogP contribution >= 0.6 is 0 Å². The first kappa shape index (κ1) is 14.8. The van der Waals surface area contributed by atoms with Gasteiger partial charge in [-0.1, -0.05) is 32.8 Å². The number of rotatable bonds is 5. The second-order valence-corrected chi connectivity index (χ2v) is 5.71. The third-order valence-corrected chi connectivity index (χ3v) is 4.27. The van der Waals surface area contributed by atoms with Crippen molar-refractivity contribution in [1.82, 2.24) is 9.88 Å². The van der Waals surface area contributed by atoms with E-state index in [1.165, 1.54) is 6.07 Å². The molecule has 1 aliphatic rings. The van der Waals surface area contributed by atoms with E-state index in [0.717, 1.165) is 45.1 Å². The van der Waals surface area contributed by atoms with E-state index in [9.17, 15) is 9.59 Å². The standard InChI is InChI=1S/C16H24N2O2/c1-3-9-16(10-4-2)11-6-12-18(16)15(20)13-7-5-8-14(19)17-13/h5,7-8H,3-4,6,9-12H2,1-2H3,(H,17,19). The molecule has 0 spiro atoms. The van der Waals surface area contributed by atoms with Crippen LogP contribution in [0.15, 0.2) is 23.0 Å². The van der Waals surface area contributed by atoms with Crippen molar-refractivity contribution in [3.8, 4) is 0 Å². The zero-order valence-corrected chi connectivity index (χ0v) is 12.4. The molecule has 0 radical (unpaired) electrons. The molecule has 0 aromatic carbocycles. The Bertz CT molecular complexity index is 515. The summed E-state index contributed by atoms with van der Waals surface area (Å²) in [6.07, 6.45) is 6.39. The number of likely N-dealkylation sites (tertiary alicyclic amines) is 1. The van der Waals surface area contributed by atoms with Crippen LogP contribution in [0.1, 0.15) is 62.9 Å². The number of pyridine rings is 1. The van der Waals surface area contributed by atoms with Crippen molar-refractivity contribution < 1.29 is 4.79 Å². The second-order valence-electron chi connectivity index (χ2n) is 5.71. The number of nitrogens with zero attached hydrogens (tertiary/aromatic N) is 1. The van der Waals surface area contributed by atoms with Crippen LogP contribution < -0.4 is 5.56 Å². The van der Waals surface area contributed by atoms with Gasteiger partial charge in [-0.15, -0.1) is 0 Å². The average molecular weight is 276 g/mol. The fourth-order valence-corrected chi connectivity index (χ4v) is 3.55. The lowest BCUT2D eigenvalue weighted by molar-refractivity contribution is 0.0543. The van der Waals surface area contributed by atoms with Crippen molar-refractivity contribution >= 4 is 5.91 Å². The summed E-state index contributed by atoms with van der Waals surface area (Å²) in [7, 11) is 0. The summed E-state index contributed by atoms with van der Waals surface area (Å²) in [5.41, 5.74) is 0.190. The van der Waals surface area contributed by atoms with Gasteiger partial charge in [0.25, 0.3) is 5.91 Å². The van der Waals surface area contributed by atoms with E-state index in [1.807, 2.05) is 4.90 Å².